The standard InChI is InChI=1S/C27H28N4O4/c1-4-15-31-23-20(26(33)30-16-11-10-14-22(30)28-23)17-21(27(34)35-6-3)24(31)29-25(32)19(5-2)18-12-8-7-9-13-18/h7-14,16-17,19H,4-6,15H2,1-3H3/t19-/m1/s1. The van der Waals surface area contributed by atoms with E-state index in [2.05, 4.69) is 4.99 Å². The number of pyridine rings is 2. The van der Waals surface area contributed by atoms with Gasteiger partial charge in [-0.2, -0.15) is 4.99 Å². The number of carbonyl (C=O) groups is 2. The highest BCUT2D eigenvalue weighted by atomic mass is 16.5. The van der Waals surface area contributed by atoms with Gasteiger partial charge in [-0.1, -0.05) is 50.2 Å². The first-order valence-electron chi connectivity index (χ1n) is 11.9. The number of hydrogen-bond acceptors (Lipinski definition) is 5. The molecular formula is C27H28N4O4. The molecule has 0 bridgehead atoms. The third kappa shape index (κ3) is 4.64. The van der Waals surface area contributed by atoms with Crippen LogP contribution >= 0.6 is 0 Å². The molecule has 0 fully saturated rings. The fourth-order valence-electron chi connectivity index (χ4n) is 4.21. The minimum Gasteiger partial charge on any atom is -0.462 e. The quantitative estimate of drug-likeness (QED) is 0.301. The van der Waals surface area contributed by atoms with Gasteiger partial charge >= 0.3 is 5.97 Å². The number of fused-ring (bicyclic) bond motifs is 2. The second-order valence-electron chi connectivity index (χ2n) is 8.16. The maximum atomic E-state index is 13.4. The number of esters is 1. The van der Waals surface area contributed by atoms with E-state index >= 15 is 0 Å². The van der Waals surface area contributed by atoms with E-state index in [-0.39, 0.29) is 34.5 Å². The van der Waals surface area contributed by atoms with Gasteiger partial charge < -0.3 is 9.30 Å². The Morgan fingerprint density at radius 1 is 1.06 bits per heavy atom. The second kappa shape index (κ2) is 10.5. The number of aromatic nitrogens is 3. The molecule has 0 aliphatic carbocycles. The van der Waals surface area contributed by atoms with Crippen LogP contribution in [0.1, 0.15) is 55.5 Å². The van der Waals surface area contributed by atoms with Gasteiger partial charge in [-0.3, -0.25) is 14.0 Å². The highest BCUT2D eigenvalue weighted by Gasteiger charge is 2.22. The van der Waals surface area contributed by atoms with E-state index in [1.807, 2.05) is 44.2 Å². The van der Waals surface area contributed by atoms with Gasteiger partial charge in [0, 0.05) is 12.7 Å². The molecule has 1 aromatic carbocycles. The van der Waals surface area contributed by atoms with E-state index < -0.39 is 11.9 Å². The molecule has 3 aromatic heterocycles. The average molecular weight is 473 g/mol. The lowest BCUT2D eigenvalue weighted by Gasteiger charge is -2.16. The van der Waals surface area contributed by atoms with Gasteiger partial charge in [0.25, 0.3) is 11.5 Å². The smallest absolute Gasteiger partial charge is 0.341 e. The van der Waals surface area contributed by atoms with Crippen LogP contribution in [0.15, 0.2) is 70.6 Å². The molecule has 8 nitrogen and oxygen atoms in total. The Morgan fingerprint density at radius 3 is 2.49 bits per heavy atom. The zero-order valence-corrected chi connectivity index (χ0v) is 20.1. The van der Waals surface area contributed by atoms with Crippen LogP contribution in [0.2, 0.25) is 0 Å². The summed E-state index contributed by atoms with van der Waals surface area (Å²) in [5, 5.41) is 0.256. The van der Waals surface area contributed by atoms with Gasteiger partial charge in [0.05, 0.1) is 17.9 Å². The average Bonchev–Trinajstić information content (AvgIpc) is 2.87. The molecule has 4 rings (SSSR count). The lowest BCUT2D eigenvalue weighted by Crippen LogP contribution is -2.33. The van der Waals surface area contributed by atoms with Crippen molar-refractivity contribution in [2.24, 2.45) is 4.99 Å². The van der Waals surface area contributed by atoms with Crippen LogP contribution in [0.5, 0.6) is 0 Å². The van der Waals surface area contributed by atoms with Crippen molar-refractivity contribution in [1.29, 1.82) is 0 Å². The van der Waals surface area contributed by atoms with E-state index in [1.54, 1.807) is 35.9 Å². The Labute approximate surface area is 202 Å². The Morgan fingerprint density at radius 2 is 1.80 bits per heavy atom. The van der Waals surface area contributed by atoms with Crippen molar-refractivity contribution in [3.8, 4) is 0 Å². The summed E-state index contributed by atoms with van der Waals surface area (Å²) in [7, 11) is 0. The summed E-state index contributed by atoms with van der Waals surface area (Å²) in [6, 6.07) is 16.2. The molecule has 3 heterocycles. The summed E-state index contributed by atoms with van der Waals surface area (Å²) < 4.78 is 8.39. The maximum Gasteiger partial charge on any atom is 0.341 e. The fraction of sp³-hybridized carbons (Fsp3) is 0.296. The number of amides is 1. The third-order valence-electron chi connectivity index (χ3n) is 5.86. The van der Waals surface area contributed by atoms with E-state index in [0.717, 1.165) is 5.56 Å². The minimum absolute atomic E-state index is 0.0684. The van der Waals surface area contributed by atoms with Crippen LogP contribution < -0.4 is 11.0 Å². The lowest BCUT2D eigenvalue weighted by atomic mass is 9.96. The van der Waals surface area contributed by atoms with Crippen LogP contribution in [-0.2, 0) is 16.1 Å². The molecule has 4 aromatic rings. The normalized spacial score (nSPS) is 12.7. The van der Waals surface area contributed by atoms with E-state index in [0.29, 0.717) is 30.7 Å². The van der Waals surface area contributed by atoms with Gasteiger partial charge in [-0.25, -0.2) is 9.78 Å². The van der Waals surface area contributed by atoms with Crippen LogP contribution in [0.25, 0.3) is 16.7 Å². The highest BCUT2D eigenvalue weighted by molar-refractivity contribution is 5.94. The molecule has 0 saturated heterocycles. The molecule has 0 N–H and O–H groups in total. The van der Waals surface area contributed by atoms with E-state index in [9.17, 15) is 14.4 Å². The van der Waals surface area contributed by atoms with Crippen molar-refractivity contribution >= 4 is 28.6 Å². The molecule has 0 aliphatic heterocycles. The summed E-state index contributed by atoms with van der Waals surface area (Å²) >= 11 is 0. The summed E-state index contributed by atoms with van der Waals surface area (Å²) in [5.41, 5.74) is 1.60. The van der Waals surface area contributed by atoms with Gasteiger partial charge in [-0.15, -0.1) is 0 Å². The minimum atomic E-state index is -0.642. The van der Waals surface area contributed by atoms with Crippen LogP contribution in [0.3, 0.4) is 0 Å². The predicted molar refractivity (Wildman–Crippen MR) is 133 cm³/mol. The Hall–Kier alpha value is -4.07. The summed E-state index contributed by atoms with van der Waals surface area (Å²) in [5.74, 6) is -1.48. The highest BCUT2D eigenvalue weighted by Crippen LogP contribution is 2.21. The Kier molecular flexibility index (Phi) is 7.19. The molecule has 8 heteroatoms. The topological polar surface area (TPSA) is 95.0 Å². The molecular weight excluding hydrogens is 444 g/mol. The first kappa shape index (κ1) is 24.1. The molecule has 0 saturated carbocycles. The summed E-state index contributed by atoms with van der Waals surface area (Å²) in [4.78, 5) is 48.9. The van der Waals surface area contributed by atoms with Crippen molar-refractivity contribution in [3.05, 3.63) is 87.8 Å². The van der Waals surface area contributed by atoms with Gasteiger partial charge in [0.1, 0.15) is 16.9 Å². The fourth-order valence-corrected chi connectivity index (χ4v) is 4.21. The zero-order chi connectivity index (χ0) is 24.9. The monoisotopic (exact) mass is 472 g/mol. The van der Waals surface area contributed by atoms with Crippen molar-refractivity contribution < 1.29 is 14.3 Å². The van der Waals surface area contributed by atoms with Crippen molar-refractivity contribution in [2.45, 2.75) is 46.1 Å². The van der Waals surface area contributed by atoms with Crippen molar-refractivity contribution in [1.82, 2.24) is 14.0 Å². The molecule has 0 unspecified atom stereocenters. The SMILES string of the molecule is CCCn1c(=NC(=O)[C@H](CC)c2ccccc2)c(C(=O)OCC)cc2c(=O)n3ccccc3nc21. The van der Waals surface area contributed by atoms with Crippen LogP contribution in [0, 0.1) is 0 Å². The van der Waals surface area contributed by atoms with Crippen molar-refractivity contribution in [2.75, 3.05) is 6.61 Å². The number of benzene rings is 1. The van der Waals surface area contributed by atoms with Gasteiger partial charge in [0.2, 0.25) is 0 Å². The van der Waals surface area contributed by atoms with Crippen LogP contribution in [0.4, 0.5) is 0 Å². The molecule has 180 valence electrons. The second-order valence-corrected chi connectivity index (χ2v) is 8.16. The molecule has 1 atom stereocenters. The number of rotatable bonds is 7. The molecule has 1 amide bonds. The maximum absolute atomic E-state index is 13.4. The lowest BCUT2D eigenvalue weighted by molar-refractivity contribution is -0.119. The molecule has 0 radical (unpaired) electrons. The van der Waals surface area contributed by atoms with Gasteiger partial charge in [0.15, 0.2) is 5.49 Å². The summed E-state index contributed by atoms with van der Waals surface area (Å²) in [6.45, 7) is 6.15. The number of hydrogen-bond donors (Lipinski definition) is 0. The number of carbonyl (C=O) groups excluding carboxylic acids is 2. The molecule has 0 aliphatic rings. The van der Waals surface area contributed by atoms with Crippen LogP contribution in [-0.4, -0.2) is 32.4 Å². The predicted octanol–water partition coefficient (Wildman–Crippen LogP) is 3.86. The Bertz CT molecular complexity index is 1520. The van der Waals surface area contributed by atoms with E-state index in [1.165, 1.54) is 10.5 Å². The zero-order valence-electron chi connectivity index (χ0n) is 20.1. The number of ether oxygens (including phenoxy) is 1. The number of aryl methyl sites for hydroxylation is 1. The molecule has 35 heavy (non-hydrogen) atoms. The number of nitrogens with zero attached hydrogens (tertiary/aromatic N) is 4. The van der Waals surface area contributed by atoms with E-state index in [4.69, 9.17) is 9.72 Å². The first-order chi connectivity index (χ1) is 17.0. The largest absolute Gasteiger partial charge is 0.462 e. The van der Waals surface area contributed by atoms with Crippen molar-refractivity contribution in [3.63, 3.8) is 0 Å². The molecule has 0 spiro atoms. The van der Waals surface area contributed by atoms with Gasteiger partial charge in [-0.05, 0) is 43.5 Å². The Balaban J connectivity index is 2.07. The third-order valence-corrected chi connectivity index (χ3v) is 5.86. The first-order valence-corrected chi connectivity index (χ1v) is 11.9. The summed E-state index contributed by atoms with van der Waals surface area (Å²) in [6.07, 6.45) is 2.85.